The van der Waals surface area contributed by atoms with E-state index in [-0.39, 0.29) is 94.3 Å². The monoisotopic (exact) mass is 1150 g/mol. The van der Waals surface area contributed by atoms with Gasteiger partial charge in [-0.2, -0.15) is 0 Å². The van der Waals surface area contributed by atoms with E-state index in [0.717, 1.165) is 27.0 Å². The van der Waals surface area contributed by atoms with Crippen molar-refractivity contribution >= 4 is 52.3 Å². The summed E-state index contributed by atoms with van der Waals surface area (Å²) in [5.74, 6) is -3.81. The highest BCUT2D eigenvalue weighted by Gasteiger charge is 2.38. The third-order valence-corrected chi connectivity index (χ3v) is 14.6. The Morgan fingerprint density at radius 3 is 1.85 bits per heavy atom. The zero-order valence-corrected chi connectivity index (χ0v) is 47.4. The molecule has 0 radical (unpaired) electrons. The van der Waals surface area contributed by atoms with Crippen molar-refractivity contribution in [2.45, 2.75) is 104 Å². The predicted molar refractivity (Wildman–Crippen MR) is 292 cm³/mol. The van der Waals surface area contributed by atoms with E-state index in [0.29, 0.717) is 152 Å². The highest BCUT2D eigenvalue weighted by atomic mass is 19.1. The molecule has 3 atom stereocenters. The topological polar surface area (TPSA) is 289 Å². The van der Waals surface area contributed by atoms with Crippen molar-refractivity contribution in [1.82, 2.24) is 35.7 Å². The molecule has 82 heavy (non-hydrogen) atoms. The maximum Gasteiger partial charge on any atom is 0.313 e. The zero-order valence-electron chi connectivity index (χ0n) is 47.4. The number of carbonyl (C=O) groups excluding carboxylic acids is 7. The standard InChI is InChI=1S/C57H78FN7O17/c1-5-37-39-30-45-54-40(33-65(45)56(72)41(39)34-82-57(37)73)52-43(7-6-38-36(4)42(58)31-44(62-54)51(38)52)61-48(68)32-60-55(71)53(35(2)3)63-47(67)11-14-74-16-18-76-20-22-78-24-26-80-28-29-81-27-25-79-23-21-77-19-17-75-15-12-59-46(66)10-13-64-49(69)8-9-50(64)70/h30-31,35,37,43,53H,5-29,32-34H2,1-4H3,(H,59,66)(H,60,71)(H,61,68)(H,63,67). The van der Waals surface area contributed by atoms with Crippen LogP contribution in [-0.4, -0.2) is 187 Å². The average molecular weight is 1150 g/mol. The van der Waals surface area contributed by atoms with Gasteiger partial charge in [-0.1, -0.05) is 20.8 Å². The number of halogens is 1. The second-order valence-electron chi connectivity index (χ2n) is 20.5. The number of ether oxygens (including phenoxy) is 9. The van der Waals surface area contributed by atoms with Crippen LogP contribution in [0.1, 0.15) is 105 Å². The number of cyclic esters (lactones) is 1. The fraction of sp³-hybridized carbons (Fsp3) is 0.632. The van der Waals surface area contributed by atoms with Crippen LogP contribution < -0.4 is 26.8 Å². The van der Waals surface area contributed by atoms with E-state index < -0.39 is 47.5 Å². The molecule has 25 heteroatoms. The molecule has 0 spiro atoms. The van der Waals surface area contributed by atoms with Crippen molar-refractivity contribution in [2.75, 3.05) is 125 Å². The molecule has 1 saturated heterocycles. The second-order valence-corrected chi connectivity index (χ2v) is 20.5. The lowest BCUT2D eigenvalue weighted by molar-refractivity contribution is -0.148. The minimum absolute atomic E-state index is 0.000571. The molecule has 0 saturated carbocycles. The molecule has 3 aromatic rings. The van der Waals surface area contributed by atoms with Crippen LogP contribution in [0.15, 0.2) is 16.9 Å². The molecule has 3 aliphatic heterocycles. The molecule has 0 bridgehead atoms. The van der Waals surface area contributed by atoms with Crippen LogP contribution in [-0.2, 0) is 95.8 Å². The van der Waals surface area contributed by atoms with Crippen molar-refractivity contribution in [3.05, 3.63) is 61.7 Å². The number of pyridine rings is 2. The lowest BCUT2D eigenvalue weighted by atomic mass is 9.81. The van der Waals surface area contributed by atoms with E-state index in [4.69, 9.17) is 47.6 Å². The van der Waals surface area contributed by atoms with Crippen molar-refractivity contribution in [3.63, 3.8) is 0 Å². The van der Waals surface area contributed by atoms with Gasteiger partial charge in [0.1, 0.15) is 18.5 Å². The first-order chi connectivity index (χ1) is 39.7. The number of nitrogens with zero attached hydrogens (tertiary/aromatic N) is 3. The summed E-state index contributed by atoms with van der Waals surface area (Å²) in [6, 6.07) is 1.73. The molecule has 4 aliphatic rings. The molecule has 4 N–H and O–H groups in total. The minimum Gasteiger partial charge on any atom is -0.460 e. The Morgan fingerprint density at radius 1 is 0.707 bits per heavy atom. The van der Waals surface area contributed by atoms with Gasteiger partial charge in [0.25, 0.3) is 5.56 Å². The van der Waals surface area contributed by atoms with Gasteiger partial charge in [0.05, 0.1) is 153 Å². The fourth-order valence-electron chi connectivity index (χ4n) is 10.3. The number of amides is 6. The van der Waals surface area contributed by atoms with E-state index in [2.05, 4.69) is 21.3 Å². The summed E-state index contributed by atoms with van der Waals surface area (Å²) < 4.78 is 66.4. The van der Waals surface area contributed by atoms with Gasteiger partial charge in [-0.25, -0.2) is 9.37 Å². The maximum absolute atomic E-state index is 15.4. The summed E-state index contributed by atoms with van der Waals surface area (Å²) in [5.41, 5.74) is 4.89. The number of aromatic nitrogens is 2. The van der Waals surface area contributed by atoms with E-state index in [1.807, 2.05) is 13.0 Å². The summed E-state index contributed by atoms with van der Waals surface area (Å²) >= 11 is 0. The number of esters is 1. The quantitative estimate of drug-likeness (QED) is 0.0285. The summed E-state index contributed by atoms with van der Waals surface area (Å²) in [7, 11) is 0. The maximum atomic E-state index is 15.4. The Kier molecular flexibility index (Phi) is 24.6. The smallest absolute Gasteiger partial charge is 0.313 e. The molecule has 5 heterocycles. The average Bonchev–Trinajstić information content (AvgIpc) is 2.67. The van der Waals surface area contributed by atoms with Crippen LogP contribution in [0.2, 0.25) is 0 Å². The minimum atomic E-state index is -0.921. The Hall–Kier alpha value is -6.32. The molecule has 1 fully saturated rings. The van der Waals surface area contributed by atoms with Crippen molar-refractivity contribution in [2.24, 2.45) is 5.92 Å². The Morgan fingerprint density at radius 2 is 1.28 bits per heavy atom. The number of fused-ring (bicyclic) bond motifs is 5. The third kappa shape index (κ3) is 17.1. The highest BCUT2D eigenvalue weighted by molar-refractivity contribution is 6.02. The normalized spacial score (nSPS) is 16.5. The Balaban J connectivity index is 0.682. The first kappa shape index (κ1) is 63.3. The Bertz CT molecular complexity index is 2790. The van der Waals surface area contributed by atoms with Crippen molar-refractivity contribution in [3.8, 4) is 11.4 Å². The fourth-order valence-corrected chi connectivity index (χ4v) is 10.3. The molecule has 3 unspecified atom stereocenters. The van der Waals surface area contributed by atoms with Gasteiger partial charge in [-0.3, -0.25) is 43.3 Å². The second kappa shape index (κ2) is 31.9. The van der Waals surface area contributed by atoms with Gasteiger partial charge >= 0.3 is 5.97 Å². The summed E-state index contributed by atoms with van der Waals surface area (Å²) in [6.07, 6.45) is 1.82. The van der Waals surface area contributed by atoms with Crippen LogP contribution in [0.3, 0.4) is 0 Å². The molecule has 1 aliphatic carbocycles. The molecule has 2 aromatic heterocycles. The molecular weight excluding hydrogens is 1070 g/mol. The molecule has 450 valence electrons. The van der Waals surface area contributed by atoms with E-state index in [1.165, 1.54) is 6.07 Å². The van der Waals surface area contributed by atoms with Crippen LogP contribution in [0, 0.1) is 18.7 Å². The van der Waals surface area contributed by atoms with Crippen LogP contribution >= 0.6 is 0 Å². The third-order valence-electron chi connectivity index (χ3n) is 14.6. The van der Waals surface area contributed by atoms with E-state index in [9.17, 15) is 38.4 Å². The lowest BCUT2D eigenvalue weighted by Gasteiger charge is -2.30. The van der Waals surface area contributed by atoms with Gasteiger partial charge in [0.15, 0.2) is 0 Å². The van der Waals surface area contributed by atoms with E-state index >= 15 is 4.39 Å². The number of imide groups is 1. The highest BCUT2D eigenvalue weighted by Crippen LogP contribution is 2.45. The zero-order chi connectivity index (χ0) is 58.5. The number of nitrogens with one attached hydrogen (secondary N) is 4. The number of likely N-dealkylation sites (tertiary alicyclic amines) is 1. The predicted octanol–water partition coefficient (Wildman–Crippen LogP) is 1.96. The summed E-state index contributed by atoms with van der Waals surface area (Å²) in [6.45, 7) is 12.9. The molecule has 24 nitrogen and oxygen atoms in total. The number of rotatable bonds is 37. The Labute approximate surface area is 475 Å². The van der Waals surface area contributed by atoms with Gasteiger partial charge in [-0.15, -0.1) is 0 Å². The van der Waals surface area contributed by atoms with Crippen LogP contribution in [0.5, 0.6) is 0 Å². The van der Waals surface area contributed by atoms with Gasteiger partial charge in [-0.05, 0) is 60.4 Å². The SMILES string of the molecule is CCC1C(=O)OCc2c1cc1n(c2=O)Cc2c-1nc1cc(F)c(C)c3c1c2C(NC(=O)CNC(=O)C(NC(=O)CCOCCOCCOCCOCCOCCOCCOCCOCCNC(=O)CCN1C(=O)CCC1=O)C(C)C)CC3. The van der Waals surface area contributed by atoms with Gasteiger partial charge in [0, 0.05) is 55.8 Å². The number of hydrogen-bond acceptors (Lipinski definition) is 18. The van der Waals surface area contributed by atoms with Crippen molar-refractivity contribution < 1.29 is 80.6 Å². The summed E-state index contributed by atoms with van der Waals surface area (Å²) in [4.78, 5) is 108. The number of carbonyl (C=O) groups is 7. The number of hydrogen-bond donors (Lipinski definition) is 4. The summed E-state index contributed by atoms with van der Waals surface area (Å²) in [5, 5.41) is 11.9. The molecule has 7 rings (SSSR count). The first-order valence-corrected chi connectivity index (χ1v) is 28.3. The van der Waals surface area contributed by atoms with Crippen LogP contribution in [0.4, 0.5) is 4.39 Å². The van der Waals surface area contributed by atoms with Crippen LogP contribution in [0.25, 0.3) is 22.3 Å². The van der Waals surface area contributed by atoms with Crippen molar-refractivity contribution in [1.29, 1.82) is 0 Å². The number of benzene rings is 1. The van der Waals surface area contributed by atoms with Gasteiger partial charge in [0.2, 0.25) is 35.4 Å². The molecular formula is C57H78FN7O17. The lowest BCUT2D eigenvalue weighted by Crippen LogP contribution is -2.51. The van der Waals surface area contributed by atoms with Gasteiger partial charge < -0.3 is 68.5 Å². The molecule has 1 aromatic carbocycles. The first-order valence-electron chi connectivity index (χ1n) is 28.3. The largest absolute Gasteiger partial charge is 0.460 e. The van der Waals surface area contributed by atoms with E-state index in [1.54, 1.807) is 25.3 Å². The number of aryl methyl sites for hydroxylation is 1. The molecule has 6 amide bonds.